The number of aromatic nitrogens is 3. The Balaban J connectivity index is 0.000000301. The number of carboxylic acid groups (broad SMARTS) is 2. The molecule has 4 heterocycles. The topological polar surface area (TPSA) is 138 Å². The number of carbonyl (C=O) groups is 2. The molecule has 2 aliphatic rings. The lowest BCUT2D eigenvalue weighted by Gasteiger charge is -2.36. The summed E-state index contributed by atoms with van der Waals surface area (Å²) in [7, 11) is 0. The molecule has 3 atom stereocenters. The summed E-state index contributed by atoms with van der Waals surface area (Å²) >= 11 is 0. The van der Waals surface area contributed by atoms with E-state index in [4.69, 9.17) is 24.5 Å². The summed E-state index contributed by atoms with van der Waals surface area (Å²) < 4.78 is 69.5. The minimum atomic E-state index is -5.08. The maximum absolute atomic E-state index is 10.6. The van der Waals surface area contributed by atoms with Crippen LogP contribution in [0.3, 0.4) is 0 Å². The van der Waals surface area contributed by atoms with Crippen LogP contribution in [0.25, 0.3) is 0 Å². The van der Waals surface area contributed by atoms with Crippen LogP contribution in [0.15, 0.2) is 43.0 Å². The molecule has 2 fully saturated rings. The molecule has 0 bridgehead atoms. The van der Waals surface area contributed by atoms with Gasteiger partial charge in [0.25, 0.3) is 0 Å². The maximum atomic E-state index is 10.6. The zero-order valence-corrected chi connectivity index (χ0v) is 19.7. The molecule has 2 saturated heterocycles. The monoisotopic (exact) mass is 553 g/mol. The van der Waals surface area contributed by atoms with Gasteiger partial charge in [-0.1, -0.05) is 6.07 Å². The minimum Gasteiger partial charge on any atom is -0.475 e. The van der Waals surface area contributed by atoms with Gasteiger partial charge in [-0.3, -0.25) is 9.88 Å². The molecule has 4 rings (SSSR count). The number of pyridine rings is 1. The smallest absolute Gasteiger partial charge is 0.475 e. The lowest BCUT2D eigenvalue weighted by atomic mass is 9.84. The quantitative estimate of drug-likeness (QED) is 0.474. The van der Waals surface area contributed by atoms with Crippen LogP contribution < -0.4 is 5.32 Å². The number of nitrogens with zero attached hydrogens (tertiary/aromatic N) is 4. The molecule has 0 radical (unpaired) electrons. The van der Waals surface area contributed by atoms with E-state index in [1.54, 1.807) is 12.4 Å². The van der Waals surface area contributed by atoms with E-state index >= 15 is 0 Å². The van der Waals surface area contributed by atoms with Gasteiger partial charge in [0, 0.05) is 50.3 Å². The third-order valence-electron chi connectivity index (χ3n) is 5.53. The first-order chi connectivity index (χ1) is 17.8. The number of alkyl halides is 6. The van der Waals surface area contributed by atoms with E-state index in [2.05, 4.69) is 31.2 Å². The molecular weight excluding hydrogens is 528 g/mol. The van der Waals surface area contributed by atoms with Gasteiger partial charge in [0.2, 0.25) is 5.95 Å². The number of piperidine rings is 1. The minimum absolute atomic E-state index is 0.232. The molecule has 2 aromatic heterocycles. The first-order valence-electron chi connectivity index (χ1n) is 11.1. The fraction of sp³-hybridized carbons (Fsp3) is 0.500. The largest absolute Gasteiger partial charge is 0.490 e. The van der Waals surface area contributed by atoms with E-state index in [9.17, 15) is 26.3 Å². The molecule has 10 nitrogen and oxygen atoms in total. The molecule has 16 heteroatoms. The van der Waals surface area contributed by atoms with Crippen LogP contribution in [0.4, 0.5) is 32.3 Å². The second kappa shape index (κ2) is 13.9. The summed E-state index contributed by atoms with van der Waals surface area (Å²) in [5, 5.41) is 17.6. The summed E-state index contributed by atoms with van der Waals surface area (Å²) in [5.41, 5.74) is 1.28. The predicted molar refractivity (Wildman–Crippen MR) is 119 cm³/mol. The first kappa shape index (κ1) is 30.7. The fourth-order valence-electron chi connectivity index (χ4n) is 3.79. The van der Waals surface area contributed by atoms with Crippen LogP contribution in [0.5, 0.6) is 0 Å². The van der Waals surface area contributed by atoms with Gasteiger partial charge in [-0.05, 0) is 36.6 Å². The molecule has 2 aromatic rings. The molecule has 3 N–H and O–H groups in total. The van der Waals surface area contributed by atoms with Crippen LogP contribution in [0, 0.1) is 11.8 Å². The number of aliphatic carboxylic acids is 2. The summed E-state index contributed by atoms with van der Waals surface area (Å²) in [6, 6.07) is 5.98. The lowest BCUT2D eigenvalue weighted by Crippen LogP contribution is -2.43. The molecule has 0 unspecified atom stereocenters. The molecule has 0 aromatic carbocycles. The van der Waals surface area contributed by atoms with Gasteiger partial charge in [0.1, 0.15) is 0 Å². The highest BCUT2D eigenvalue weighted by molar-refractivity contribution is 5.73. The zero-order chi connectivity index (χ0) is 28.3. The summed E-state index contributed by atoms with van der Waals surface area (Å²) in [4.78, 5) is 33.0. The van der Waals surface area contributed by atoms with Crippen LogP contribution in [0.2, 0.25) is 0 Å². The van der Waals surface area contributed by atoms with Gasteiger partial charge < -0.3 is 20.3 Å². The third-order valence-corrected chi connectivity index (χ3v) is 5.53. The highest BCUT2D eigenvalue weighted by Gasteiger charge is 2.41. The lowest BCUT2D eigenvalue weighted by molar-refractivity contribution is -0.193. The van der Waals surface area contributed by atoms with Crippen molar-refractivity contribution in [3.63, 3.8) is 0 Å². The number of fused-ring (bicyclic) bond motifs is 1. The first-order valence-corrected chi connectivity index (χ1v) is 11.1. The maximum Gasteiger partial charge on any atom is 0.490 e. The fourth-order valence-corrected chi connectivity index (χ4v) is 3.79. The molecule has 210 valence electrons. The van der Waals surface area contributed by atoms with Crippen molar-refractivity contribution in [1.29, 1.82) is 0 Å². The average molecular weight is 553 g/mol. The second-order valence-electron chi connectivity index (χ2n) is 8.24. The predicted octanol–water partition coefficient (Wildman–Crippen LogP) is 3.09. The van der Waals surface area contributed by atoms with Crippen molar-refractivity contribution in [2.75, 3.05) is 31.6 Å². The average Bonchev–Trinajstić information content (AvgIpc) is 3.26. The highest BCUT2D eigenvalue weighted by atomic mass is 19.4. The standard InChI is InChI=1S/C18H23N5O.2C2HF3O2/c1-3-14(9-19-5-1)11-23-8-4-15-13-24-17(16(15)12-23)10-22-18-20-6-2-7-21-18;2*3-2(4,5)1(6)7/h1-3,5-7,9,15-17H,4,8,10-13H2,(H,20,21,22);2*(H,6,7)/t15-,16-,17+;;/m0../s1. The van der Waals surface area contributed by atoms with Gasteiger partial charge in [0.05, 0.1) is 12.7 Å². The number of carboxylic acids is 2. The Kier molecular flexibility index (Phi) is 11.2. The van der Waals surface area contributed by atoms with Crippen molar-refractivity contribution in [2.24, 2.45) is 11.8 Å². The third kappa shape index (κ3) is 10.5. The van der Waals surface area contributed by atoms with Crippen molar-refractivity contribution in [2.45, 2.75) is 31.4 Å². The summed E-state index contributed by atoms with van der Waals surface area (Å²) in [6.45, 7) is 4.85. The Labute approximate surface area is 212 Å². The molecule has 2 aliphatic heterocycles. The van der Waals surface area contributed by atoms with Gasteiger partial charge in [0.15, 0.2) is 0 Å². The Morgan fingerprint density at radius 1 is 1.03 bits per heavy atom. The van der Waals surface area contributed by atoms with Gasteiger partial charge in [-0.2, -0.15) is 26.3 Å². The second-order valence-corrected chi connectivity index (χ2v) is 8.24. The number of ether oxygens (including phenoxy) is 1. The molecule has 0 spiro atoms. The number of rotatable bonds is 5. The normalized spacial score (nSPS) is 21.2. The zero-order valence-electron chi connectivity index (χ0n) is 19.7. The Morgan fingerprint density at radius 3 is 2.16 bits per heavy atom. The van der Waals surface area contributed by atoms with Crippen molar-refractivity contribution < 1.29 is 50.9 Å². The van der Waals surface area contributed by atoms with Crippen molar-refractivity contribution in [3.05, 3.63) is 48.5 Å². The Morgan fingerprint density at radius 2 is 1.63 bits per heavy atom. The van der Waals surface area contributed by atoms with Crippen LogP contribution in [0.1, 0.15) is 12.0 Å². The number of anilines is 1. The molecule has 38 heavy (non-hydrogen) atoms. The number of halogens is 6. The van der Waals surface area contributed by atoms with E-state index in [1.807, 2.05) is 24.5 Å². The molecular formula is C22H25F6N5O5. The van der Waals surface area contributed by atoms with E-state index in [0.29, 0.717) is 17.8 Å². The number of hydrogen-bond donors (Lipinski definition) is 3. The van der Waals surface area contributed by atoms with E-state index in [0.717, 1.165) is 32.8 Å². The Hall–Kier alpha value is -3.53. The Bertz CT molecular complexity index is 989. The van der Waals surface area contributed by atoms with Crippen molar-refractivity contribution >= 4 is 17.9 Å². The van der Waals surface area contributed by atoms with Crippen LogP contribution in [-0.2, 0) is 20.9 Å². The number of nitrogens with one attached hydrogen (secondary N) is 1. The van der Waals surface area contributed by atoms with Crippen LogP contribution in [-0.4, -0.2) is 86.7 Å². The number of likely N-dealkylation sites (tertiary alicyclic amines) is 1. The number of hydrogen-bond acceptors (Lipinski definition) is 8. The SMILES string of the molecule is O=C(O)C(F)(F)F.O=C(O)C(F)(F)F.c1cnc(NC[C@H]2OC[C@@H]3CCN(Cc4cccnc4)C[C@@H]32)nc1. The summed E-state index contributed by atoms with van der Waals surface area (Å²) in [5.74, 6) is -3.59. The van der Waals surface area contributed by atoms with Gasteiger partial charge in [-0.15, -0.1) is 0 Å². The highest BCUT2D eigenvalue weighted by Crippen LogP contribution is 2.34. The summed E-state index contributed by atoms with van der Waals surface area (Å²) in [6.07, 6.45) is -1.43. The van der Waals surface area contributed by atoms with E-state index < -0.39 is 24.3 Å². The van der Waals surface area contributed by atoms with Gasteiger partial charge >= 0.3 is 24.3 Å². The molecule has 0 aliphatic carbocycles. The molecule has 0 saturated carbocycles. The van der Waals surface area contributed by atoms with Gasteiger partial charge in [-0.25, -0.2) is 19.6 Å². The molecule has 0 amide bonds. The van der Waals surface area contributed by atoms with Crippen LogP contribution >= 0.6 is 0 Å². The van der Waals surface area contributed by atoms with E-state index in [1.165, 1.54) is 12.0 Å². The van der Waals surface area contributed by atoms with E-state index in [-0.39, 0.29) is 6.10 Å². The van der Waals surface area contributed by atoms with Crippen molar-refractivity contribution in [1.82, 2.24) is 19.9 Å². The van der Waals surface area contributed by atoms with Crippen molar-refractivity contribution in [3.8, 4) is 0 Å².